The van der Waals surface area contributed by atoms with E-state index in [1.54, 1.807) is 30.3 Å². The summed E-state index contributed by atoms with van der Waals surface area (Å²) < 4.78 is 61.2. The number of alkyl halides is 2. The minimum Gasteiger partial charge on any atom is -0.399 e. The molecule has 5 rings (SSSR count). The van der Waals surface area contributed by atoms with Crippen LogP contribution in [0.1, 0.15) is 11.4 Å². The highest BCUT2D eigenvalue weighted by molar-refractivity contribution is 5.80. The second-order valence-corrected chi connectivity index (χ2v) is 6.83. The van der Waals surface area contributed by atoms with E-state index in [9.17, 15) is 8.78 Å². The lowest BCUT2D eigenvalue weighted by molar-refractivity contribution is 0.0232. The predicted molar refractivity (Wildman–Crippen MR) is 105 cm³/mol. The van der Waals surface area contributed by atoms with Crippen LogP contribution in [0.4, 0.5) is 23.2 Å². The molecule has 6 nitrogen and oxygen atoms in total. The SMILES string of the molecule is Nc1cccc(-c2ccc3nnc(C(F)(F)c4c(F)cc5ncccc5c4F)n3n2)c1. The number of anilines is 1. The first-order valence-electron chi connectivity index (χ1n) is 9.06. The third-order valence-electron chi connectivity index (χ3n) is 4.84. The molecule has 0 unspecified atom stereocenters. The summed E-state index contributed by atoms with van der Waals surface area (Å²) in [5, 5.41) is 11.1. The lowest BCUT2D eigenvalue weighted by Gasteiger charge is -2.17. The monoisotopic (exact) mass is 424 g/mol. The minimum absolute atomic E-state index is 0.00870. The highest BCUT2D eigenvalue weighted by Crippen LogP contribution is 2.39. The predicted octanol–water partition coefficient (Wildman–Crippen LogP) is 4.34. The van der Waals surface area contributed by atoms with Gasteiger partial charge in [0.25, 0.3) is 0 Å². The fourth-order valence-electron chi connectivity index (χ4n) is 3.39. The maximum absolute atomic E-state index is 15.4. The number of fused-ring (bicyclic) bond motifs is 2. The maximum atomic E-state index is 15.4. The Balaban J connectivity index is 1.72. The van der Waals surface area contributed by atoms with Crippen molar-refractivity contribution in [3.05, 3.63) is 83.8 Å². The van der Waals surface area contributed by atoms with Crippen LogP contribution in [-0.4, -0.2) is 24.8 Å². The van der Waals surface area contributed by atoms with Gasteiger partial charge in [-0.25, -0.2) is 8.78 Å². The molecule has 0 fully saturated rings. The standard InChI is InChI=1S/C21H12F4N6/c22-14-10-16-13(5-2-8-27-16)19(23)18(14)21(24,25)20-29-28-17-7-6-15(30-31(17)20)11-3-1-4-12(26)9-11/h1-10H,26H2. The van der Waals surface area contributed by atoms with Crippen LogP contribution in [0.25, 0.3) is 27.8 Å². The molecule has 10 heteroatoms. The maximum Gasteiger partial charge on any atom is 0.339 e. The number of nitrogens with zero attached hydrogens (tertiary/aromatic N) is 5. The van der Waals surface area contributed by atoms with E-state index in [0.29, 0.717) is 16.9 Å². The zero-order chi connectivity index (χ0) is 21.8. The molecule has 0 atom stereocenters. The third kappa shape index (κ3) is 2.95. The Labute approximate surface area is 172 Å². The largest absolute Gasteiger partial charge is 0.399 e. The molecule has 31 heavy (non-hydrogen) atoms. The number of nitrogen functional groups attached to an aromatic ring is 1. The minimum atomic E-state index is -4.17. The van der Waals surface area contributed by atoms with Gasteiger partial charge < -0.3 is 5.73 Å². The van der Waals surface area contributed by atoms with Crippen LogP contribution in [-0.2, 0) is 5.92 Å². The summed E-state index contributed by atoms with van der Waals surface area (Å²) in [7, 11) is 0. The summed E-state index contributed by atoms with van der Waals surface area (Å²) in [5.74, 6) is -8.05. The Bertz CT molecular complexity index is 1460. The second kappa shape index (κ2) is 6.73. The fourth-order valence-corrected chi connectivity index (χ4v) is 3.39. The van der Waals surface area contributed by atoms with Crippen molar-refractivity contribution in [3.63, 3.8) is 0 Å². The first-order chi connectivity index (χ1) is 14.9. The molecule has 0 radical (unpaired) electrons. The molecule has 2 N–H and O–H groups in total. The normalized spacial score (nSPS) is 12.0. The number of aromatic nitrogens is 5. The van der Waals surface area contributed by atoms with Crippen molar-refractivity contribution >= 4 is 22.2 Å². The number of hydrogen-bond acceptors (Lipinski definition) is 5. The van der Waals surface area contributed by atoms with Crippen molar-refractivity contribution < 1.29 is 17.6 Å². The number of hydrogen-bond donors (Lipinski definition) is 1. The van der Waals surface area contributed by atoms with Crippen molar-refractivity contribution in [1.29, 1.82) is 0 Å². The van der Waals surface area contributed by atoms with E-state index in [1.165, 1.54) is 24.4 Å². The molecular formula is C21H12F4N6. The van der Waals surface area contributed by atoms with E-state index >= 15 is 8.78 Å². The molecule has 5 aromatic rings. The van der Waals surface area contributed by atoms with Crippen LogP contribution in [0.5, 0.6) is 0 Å². The van der Waals surface area contributed by atoms with Crippen molar-refractivity contribution in [1.82, 2.24) is 24.8 Å². The Morgan fingerprint density at radius 1 is 0.935 bits per heavy atom. The van der Waals surface area contributed by atoms with Crippen molar-refractivity contribution in [3.8, 4) is 11.3 Å². The van der Waals surface area contributed by atoms with Crippen molar-refractivity contribution in [2.45, 2.75) is 5.92 Å². The molecule has 154 valence electrons. The van der Waals surface area contributed by atoms with Gasteiger partial charge in [0.05, 0.1) is 11.2 Å². The summed E-state index contributed by atoms with van der Waals surface area (Å²) in [4.78, 5) is 3.81. The summed E-state index contributed by atoms with van der Waals surface area (Å²) in [6.07, 6.45) is 1.31. The number of halogens is 4. The van der Waals surface area contributed by atoms with Gasteiger partial charge in [-0.1, -0.05) is 12.1 Å². The van der Waals surface area contributed by atoms with Gasteiger partial charge in [0.2, 0.25) is 5.82 Å². The second-order valence-electron chi connectivity index (χ2n) is 6.83. The first-order valence-corrected chi connectivity index (χ1v) is 9.06. The molecule has 2 aromatic carbocycles. The highest BCUT2D eigenvalue weighted by atomic mass is 19.3. The van der Waals surface area contributed by atoms with Gasteiger partial charge in [0.15, 0.2) is 5.65 Å². The van der Waals surface area contributed by atoms with Crippen LogP contribution in [0.3, 0.4) is 0 Å². The van der Waals surface area contributed by atoms with E-state index < -0.39 is 28.9 Å². The first kappa shape index (κ1) is 18.9. The number of rotatable bonds is 3. The Morgan fingerprint density at radius 2 is 1.77 bits per heavy atom. The Hall–Kier alpha value is -4.08. The molecule has 3 aromatic heterocycles. The van der Waals surface area contributed by atoms with E-state index in [-0.39, 0.29) is 16.6 Å². The molecule has 0 amide bonds. The fraction of sp³-hybridized carbons (Fsp3) is 0.0476. The van der Waals surface area contributed by atoms with Gasteiger partial charge in [-0.05, 0) is 36.4 Å². The number of nitrogens with two attached hydrogens (primary N) is 1. The lowest BCUT2D eigenvalue weighted by Crippen LogP contribution is -2.23. The van der Waals surface area contributed by atoms with Crippen molar-refractivity contribution in [2.24, 2.45) is 0 Å². The van der Waals surface area contributed by atoms with Gasteiger partial charge in [0.1, 0.15) is 17.2 Å². The summed E-state index contributed by atoms with van der Waals surface area (Å²) in [6, 6.07) is 13.0. The molecule has 3 heterocycles. The smallest absolute Gasteiger partial charge is 0.339 e. The van der Waals surface area contributed by atoms with E-state index in [4.69, 9.17) is 5.73 Å². The number of pyridine rings is 1. The molecule has 0 bridgehead atoms. The summed E-state index contributed by atoms with van der Waals surface area (Å²) in [5.41, 5.74) is 5.58. The van der Waals surface area contributed by atoms with Gasteiger partial charge in [-0.15, -0.1) is 10.2 Å². The Morgan fingerprint density at radius 3 is 2.58 bits per heavy atom. The topological polar surface area (TPSA) is 82.0 Å². The van der Waals surface area contributed by atoms with Gasteiger partial charge in [-0.3, -0.25) is 4.98 Å². The molecule has 0 aliphatic rings. The molecular weight excluding hydrogens is 412 g/mol. The van der Waals surface area contributed by atoms with E-state index in [2.05, 4.69) is 20.3 Å². The third-order valence-corrected chi connectivity index (χ3v) is 4.84. The quantitative estimate of drug-likeness (QED) is 0.344. The molecule has 0 aliphatic heterocycles. The van der Waals surface area contributed by atoms with Crippen LogP contribution in [0.15, 0.2) is 60.8 Å². The highest BCUT2D eigenvalue weighted by Gasteiger charge is 2.45. The van der Waals surface area contributed by atoms with Crippen molar-refractivity contribution in [2.75, 3.05) is 5.73 Å². The average molecular weight is 424 g/mol. The van der Waals surface area contributed by atoms with Gasteiger partial charge in [-0.2, -0.15) is 18.4 Å². The summed E-state index contributed by atoms with van der Waals surface area (Å²) >= 11 is 0. The van der Waals surface area contributed by atoms with Crippen LogP contribution in [0, 0.1) is 11.6 Å². The molecule has 0 saturated heterocycles. The van der Waals surface area contributed by atoms with Crippen LogP contribution >= 0.6 is 0 Å². The zero-order valence-electron chi connectivity index (χ0n) is 15.6. The van der Waals surface area contributed by atoms with Gasteiger partial charge in [0, 0.05) is 28.9 Å². The summed E-state index contributed by atoms with van der Waals surface area (Å²) in [6.45, 7) is 0. The van der Waals surface area contributed by atoms with E-state index in [0.717, 1.165) is 10.6 Å². The molecule has 0 saturated carbocycles. The lowest BCUT2D eigenvalue weighted by atomic mass is 10.0. The average Bonchev–Trinajstić information content (AvgIpc) is 3.18. The molecule has 0 spiro atoms. The molecule has 0 aliphatic carbocycles. The Kier molecular flexibility index (Phi) is 4.10. The number of benzene rings is 2. The van der Waals surface area contributed by atoms with Gasteiger partial charge >= 0.3 is 5.92 Å². The van der Waals surface area contributed by atoms with Crippen LogP contribution < -0.4 is 5.73 Å². The zero-order valence-corrected chi connectivity index (χ0v) is 15.6. The van der Waals surface area contributed by atoms with Crippen LogP contribution in [0.2, 0.25) is 0 Å². The van der Waals surface area contributed by atoms with E-state index in [1.807, 2.05) is 0 Å².